The standard InChI is InChI=1S/C17H24ClN5O3/c1-17(2,3)26-16(24)22-8-7-21(10-13(11-22)25-4)12-5-6-14-19-15(18)20-23(14)9-12/h5-6,9,13H,7-8,10-11H2,1-4H3. The number of carbonyl (C=O) groups excluding carboxylic acids is 1. The minimum absolute atomic E-state index is 0.125. The van der Waals surface area contributed by atoms with E-state index in [-0.39, 0.29) is 17.5 Å². The average Bonchev–Trinajstić information content (AvgIpc) is 2.78. The van der Waals surface area contributed by atoms with Crippen LogP contribution in [0, 0.1) is 0 Å². The fourth-order valence-corrected chi connectivity index (χ4v) is 3.05. The van der Waals surface area contributed by atoms with Crippen molar-refractivity contribution in [1.29, 1.82) is 0 Å². The Morgan fingerprint density at radius 2 is 2.04 bits per heavy atom. The highest BCUT2D eigenvalue weighted by atomic mass is 35.5. The van der Waals surface area contributed by atoms with E-state index in [0.717, 1.165) is 5.69 Å². The van der Waals surface area contributed by atoms with Crippen molar-refractivity contribution >= 4 is 29.0 Å². The molecule has 1 aliphatic heterocycles. The maximum atomic E-state index is 12.4. The van der Waals surface area contributed by atoms with Crippen LogP contribution in [0.4, 0.5) is 10.5 Å². The third-order valence-electron chi connectivity index (χ3n) is 4.13. The summed E-state index contributed by atoms with van der Waals surface area (Å²) in [5, 5.41) is 4.36. The first-order chi connectivity index (χ1) is 12.2. The number of hydrogen-bond acceptors (Lipinski definition) is 6. The van der Waals surface area contributed by atoms with Gasteiger partial charge in [-0.15, -0.1) is 5.10 Å². The van der Waals surface area contributed by atoms with Crippen LogP contribution in [0.15, 0.2) is 18.3 Å². The minimum atomic E-state index is -0.525. The first kappa shape index (κ1) is 18.7. The van der Waals surface area contributed by atoms with Crippen LogP contribution in [0.5, 0.6) is 0 Å². The highest BCUT2D eigenvalue weighted by Gasteiger charge is 2.29. The van der Waals surface area contributed by atoms with Crippen molar-refractivity contribution < 1.29 is 14.3 Å². The molecule has 0 spiro atoms. The second-order valence-corrected chi connectivity index (χ2v) is 7.64. The summed E-state index contributed by atoms with van der Waals surface area (Å²) in [6.07, 6.45) is 1.43. The zero-order valence-corrected chi connectivity index (χ0v) is 16.2. The lowest BCUT2D eigenvalue weighted by Gasteiger charge is -2.27. The van der Waals surface area contributed by atoms with Gasteiger partial charge in [0.1, 0.15) is 5.60 Å². The van der Waals surface area contributed by atoms with Gasteiger partial charge in [0.15, 0.2) is 5.65 Å². The molecule has 2 aromatic rings. The van der Waals surface area contributed by atoms with Gasteiger partial charge in [0, 0.05) is 26.7 Å². The molecule has 142 valence electrons. The second kappa shape index (κ2) is 7.28. The number of aromatic nitrogens is 3. The van der Waals surface area contributed by atoms with Crippen molar-refractivity contribution in [2.75, 3.05) is 38.2 Å². The average molecular weight is 382 g/mol. The Bertz CT molecular complexity index is 788. The number of carbonyl (C=O) groups is 1. The maximum absolute atomic E-state index is 12.4. The Kier molecular flexibility index (Phi) is 5.24. The van der Waals surface area contributed by atoms with Crippen LogP contribution in [-0.4, -0.2) is 70.6 Å². The summed E-state index contributed by atoms with van der Waals surface area (Å²) >= 11 is 5.86. The fraction of sp³-hybridized carbons (Fsp3) is 0.588. The van der Waals surface area contributed by atoms with Crippen LogP contribution in [0.3, 0.4) is 0 Å². The van der Waals surface area contributed by atoms with Gasteiger partial charge < -0.3 is 19.3 Å². The maximum Gasteiger partial charge on any atom is 0.410 e. The lowest BCUT2D eigenvalue weighted by atomic mass is 10.2. The van der Waals surface area contributed by atoms with E-state index in [1.165, 1.54) is 0 Å². The molecule has 9 heteroatoms. The summed E-state index contributed by atoms with van der Waals surface area (Å²) in [6.45, 7) is 7.94. The highest BCUT2D eigenvalue weighted by molar-refractivity contribution is 6.28. The molecule has 1 unspecified atom stereocenters. The monoisotopic (exact) mass is 381 g/mol. The molecule has 1 aliphatic rings. The Morgan fingerprint density at radius 1 is 1.27 bits per heavy atom. The van der Waals surface area contributed by atoms with Crippen molar-refractivity contribution in [2.24, 2.45) is 0 Å². The molecule has 3 heterocycles. The molecule has 0 radical (unpaired) electrons. The third-order valence-corrected chi connectivity index (χ3v) is 4.29. The van der Waals surface area contributed by atoms with E-state index >= 15 is 0 Å². The minimum Gasteiger partial charge on any atom is -0.444 e. The van der Waals surface area contributed by atoms with Gasteiger partial charge in [-0.3, -0.25) is 0 Å². The van der Waals surface area contributed by atoms with Crippen molar-refractivity contribution in [3.8, 4) is 0 Å². The molecule has 1 atom stereocenters. The van der Waals surface area contributed by atoms with Crippen molar-refractivity contribution in [3.05, 3.63) is 23.6 Å². The summed E-state index contributed by atoms with van der Waals surface area (Å²) in [7, 11) is 1.65. The van der Waals surface area contributed by atoms with Gasteiger partial charge in [-0.25, -0.2) is 9.31 Å². The smallest absolute Gasteiger partial charge is 0.410 e. The van der Waals surface area contributed by atoms with E-state index in [9.17, 15) is 4.79 Å². The van der Waals surface area contributed by atoms with Crippen LogP contribution in [0.2, 0.25) is 5.28 Å². The number of nitrogens with zero attached hydrogens (tertiary/aromatic N) is 5. The van der Waals surface area contributed by atoms with E-state index in [4.69, 9.17) is 21.1 Å². The molecule has 8 nitrogen and oxygen atoms in total. The molecule has 0 bridgehead atoms. The number of anilines is 1. The van der Waals surface area contributed by atoms with Gasteiger partial charge in [0.25, 0.3) is 0 Å². The molecule has 1 fully saturated rings. The number of ether oxygens (including phenoxy) is 2. The Balaban J connectivity index is 1.77. The first-order valence-corrected chi connectivity index (χ1v) is 8.90. The van der Waals surface area contributed by atoms with Crippen molar-refractivity contribution in [1.82, 2.24) is 19.5 Å². The van der Waals surface area contributed by atoms with Crippen molar-refractivity contribution in [2.45, 2.75) is 32.5 Å². The highest BCUT2D eigenvalue weighted by Crippen LogP contribution is 2.20. The fourth-order valence-electron chi connectivity index (χ4n) is 2.88. The zero-order valence-electron chi connectivity index (χ0n) is 15.5. The quantitative estimate of drug-likeness (QED) is 0.795. The molecular weight excluding hydrogens is 358 g/mol. The Labute approximate surface area is 157 Å². The van der Waals surface area contributed by atoms with E-state index in [2.05, 4.69) is 15.0 Å². The predicted octanol–water partition coefficient (Wildman–Crippen LogP) is 2.45. The van der Waals surface area contributed by atoms with Crippen LogP contribution < -0.4 is 4.90 Å². The second-order valence-electron chi connectivity index (χ2n) is 7.30. The van der Waals surface area contributed by atoms with Gasteiger partial charge in [-0.1, -0.05) is 0 Å². The van der Waals surface area contributed by atoms with Gasteiger partial charge >= 0.3 is 6.09 Å². The third kappa shape index (κ3) is 4.37. The number of hydrogen-bond donors (Lipinski definition) is 0. The van der Waals surface area contributed by atoms with Crippen LogP contribution in [0.25, 0.3) is 5.65 Å². The number of fused-ring (bicyclic) bond motifs is 1. The number of pyridine rings is 1. The SMILES string of the molecule is COC1CN(C(=O)OC(C)(C)C)CCN(c2ccc3nc(Cl)nn3c2)C1. The molecule has 0 saturated carbocycles. The lowest BCUT2D eigenvalue weighted by Crippen LogP contribution is -2.41. The Hall–Kier alpha value is -2.06. The lowest BCUT2D eigenvalue weighted by molar-refractivity contribution is 0.0138. The molecule has 1 saturated heterocycles. The topological polar surface area (TPSA) is 72.2 Å². The van der Waals surface area contributed by atoms with Gasteiger partial charge in [0.05, 0.1) is 24.5 Å². The summed E-state index contributed by atoms with van der Waals surface area (Å²) in [4.78, 5) is 20.4. The van der Waals surface area contributed by atoms with Crippen LogP contribution in [-0.2, 0) is 9.47 Å². The molecule has 0 N–H and O–H groups in total. The van der Waals surface area contributed by atoms with Gasteiger partial charge in [0.2, 0.25) is 5.28 Å². The van der Waals surface area contributed by atoms with E-state index in [1.54, 1.807) is 16.5 Å². The van der Waals surface area contributed by atoms with E-state index < -0.39 is 5.60 Å². The summed E-state index contributed by atoms with van der Waals surface area (Å²) in [5.41, 5.74) is 1.13. The summed E-state index contributed by atoms with van der Waals surface area (Å²) in [5.74, 6) is 0. The largest absolute Gasteiger partial charge is 0.444 e. The molecule has 2 aromatic heterocycles. The normalized spacial score (nSPS) is 18.9. The summed E-state index contributed by atoms with van der Waals surface area (Å²) in [6, 6.07) is 3.84. The van der Waals surface area contributed by atoms with Gasteiger partial charge in [-0.2, -0.15) is 4.98 Å². The van der Waals surface area contributed by atoms with E-state index in [0.29, 0.717) is 31.8 Å². The molecule has 0 aliphatic carbocycles. The van der Waals surface area contributed by atoms with Crippen LogP contribution >= 0.6 is 11.6 Å². The number of methoxy groups -OCH3 is 1. The Morgan fingerprint density at radius 3 is 2.73 bits per heavy atom. The molecule has 1 amide bonds. The van der Waals surface area contributed by atoms with Crippen molar-refractivity contribution in [3.63, 3.8) is 0 Å². The number of halogens is 1. The summed E-state index contributed by atoms with van der Waals surface area (Å²) < 4.78 is 12.7. The number of amides is 1. The zero-order chi connectivity index (χ0) is 18.9. The van der Waals surface area contributed by atoms with Gasteiger partial charge in [-0.05, 0) is 44.5 Å². The van der Waals surface area contributed by atoms with E-state index in [1.807, 2.05) is 39.1 Å². The molecular formula is C17H24ClN5O3. The van der Waals surface area contributed by atoms with Crippen LogP contribution in [0.1, 0.15) is 20.8 Å². The molecule has 26 heavy (non-hydrogen) atoms. The molecule has 0 aromatic carbocycles. The predicted molar refractivity (Wildman–Crippen MR) is 98.8 cm³/mol. The molecule has 3 rings (SSSR count). The number of rotatable bonds is 2. The first-order valence-electron chi connectivity index (χ1n) is 8.53.